The third kappa shape index (κ3) is 5.93. The molecule has 1 saturated heterocycles. The molecule has 9 nitrogen and oxygen atoms in total. The molecular formula is C20H24Cl2N2O7S3. The van der Waals surface area contributed by atoms with E-state index in [1.807, 2.05) is 0 Å². The maximum atomic E-state index is 13.5. The lowest BCUT2D eigenvalue weighted by atomic mass is 10.2. The van der Waals surface area contributed by atoms with E-state index in [1.165, 1.54) is 30.3 Å². The van der Waals surface area contributed by atoms with Crippen LogP contribution in [0.2, 0.25) is 10.0 Å². The van der Waals surface area contributed by atoms with Crippen LogP contribution in [0.25, 0.3) is 0 Å². The lowest BCUT2D eigenvalue weighted by Crippen LogP contribution is -2.49. The van der Waals surface area contributed by atoms with Crippen LogP contribution < -0.4 is 4.72 Å². The first-order valence-electron chi connectivity index (χ1n) is 10.1. The average molecular weight is 572 g/mol. The van der Waals surface area contributed by atoms with E-state index < -0.39 is 60.1 Å². The summed E-state index contributed by atoms with van der Waals surface area (Å²) in [7, 11) is -12.1. The summed E-state index contributed by atoms with van der Waals surface area (Å²) in [6.07, 6.45) is -1.47. The van der Waals surface area contributed by atoms with Crippen molar-refractivity contribution < 1.29 is 30.4 Å². The van der Waals surface area contributed by atoms with E-state index in [0.717, 1.165) is 4.31 Å². The van der Waals surface area contributed by atoms with Crippen molar-refractivity contribution in [2.24, 2.45) is 0 Å². The molecule has 0 radical (unpaired) electrons. The Labute approximate surface area is 209 Å². The highest BCUT2D eigenvalue weighted by atomic mass is 35.5. The molecule has 1 aliphatic rings. The second-order valence-electron chi connectivity index (χ2n) is 8.04. The molecule has 2 N–H and O–H groups in total. The number of rotatable bonds is 8. The van der Waals surface area contributed by atoms with Gasteiger partial charge in [-0.05, 0) is 49.2 Å². The maximum Gasteiger partial charge on any atom is 0.243 e. The lowest BCUT2D eigenvalue weighted by Gasteiger charge is -2.30. The van der Waals surface area contributed by atoms with Crippen LogP contribution in [0.4, 0.5) is 0 Å². The Balaban J connectivity index is 1.94. The van der Waals surface area contributed by atoms with Gasteiger partial charge in [-0.2, -0.15) is 4.31 Å². The topological polar surface area (TPSA) is 138 Å². The first-order valence-corrected chi connectivity index (χ1v) is 15.6. The quantitative estimate of drug-likeness (QED) is 0.492. The summed E-state index contributed by atoms with van der Waals surface area (Å²) in [5.74, 6) is -1.18. The molecule has 3 rings (SSSR count). The zero-order chi connectivity index (χ0) is 25.5. The predicted octanol–water partition coefficient (Wildman–Crippen LogP) is 1.74. The fourth-order valence-corrected chi connectivity index (χ4v) is 9.32. The van der Waals surface area contributed by atoms with Crippen LogP contribution in [-0.4, -0.2) is 71.4 Å². The smallest absolute Gasteiger partial charge is 0.243 e. The summed E-state index contributed by atoms with van der Waals surface area (Å²) in [6, 6.07) is 7.31. The van der Waals surface area contributed by atoms with Crippen LogP contribution in [0.3, 0.4) is 0 Å². The number of halogens is 2. The Hall–Kier alpha value is -1.25. The predicted molar refractivity (Wildman–Crippen MR) is 130 cm³/mol. The number of sulfone groups is 1. The Morgan fingerprint density at radius 1 is 0.971 bits per heavy atom. The lowest BCUT2D eigenvalue weighted by molar-refractivity contribution is 0.128. The number of nitrogens with one attached hydrogen (secondary N) is 1. The van der Waals surface area contributed by atoms with Gasteiger partial charge in [-0.3, -0.25) is 0 Å². The fraction of sp³-hybridized carbons (Fsp3) is 0.400. The van der Waals surface area contributed by atoms with Crippen molar-refractivity contribution in [1.82, 2.24) is 9.03 Å². The minimum absolute atomic E-state index is 0.0661. The molecule has 14 heteroatoms. The second kappa shape index (κ2) is 10.0. The molecule has 0 bridgehead atoms. The normalized spacial score (nSPS) is 20.6. The number of aliphatic hydroxyl groups is 1. The Morgan fingerprint density at radius 3 is 2.03 bits per heavy atom. The minimum Gasteiger partial charge on any atom is -0.390 e. The summed E-state index contributed by atoms with van der Waals surface area (Å²) in [4.78, 5) is -0.228. The molecule has 1 heterocycles. The Bertz CT molecular complexity index is 1410. The van der Waals surface area contributed by atoms with Crippen LogP contribution in [0.1, 0.15) is 11.1 Å². The van der Waals surface area contributed by atoms with Crippen molar-refractivity contribution in [3.05, 3.63) is 57.6 Å². The van der Waals surface area contributed by atoms with E-state index in [9.17, 15) is 30.4 Å². The number of benzene rings is 2. The van der Waals surface area contributed by atoms with Gasteiger partial charge in [-0.1, -0.05) is 35.3 Å². The summed E-state index contributed by atoms with van der Waals surface area (Å²) in [5, 5.41) is 10.7. The van der Waals surface area contributed by atoms with Crippen molar-refractivity contribution in [3.63, 3.8) is 0 Å². The monoisotopic (exact) mass is 570 g/mol. The van der Waals surface area contributed by atoms with Crippen LogP contribution in [0.5, 0.6) is 0 Å². The highest BCUT2D eigenvalue weighted by Gasteiger charge is 2.45. The molecule has 0 spiro atoms. The number of aryl methyl sites for hydroxylation is 2. The van der Waals surface area contributed by atoms with Gasteiger partial charge < -0.3 is 5.11 Å². The van der Waals surface area contributed by atoms with Crippen LogP contribution in [0, 0.1) is 13.8 Å². The van der Waals surface area contributed by atoms with Gasteiger partial charge in [0.15, 0.2) is 9.84 Å². The molecule has 0 aromatic heterocycles. The van der Waals surface area contributed by atoms with E-state index in [-0.39, 0.29) is 26.4 Å². The largest absolute Gasteiger partial charge is 0.390 e. The van der Waals surface area contributed by atoms with Gasteiger partial charge in [-0.15, -0.1) is 0 Å². The second-order valence-corrected chi connectivity index (χ2v) is 14.7. The maximum absolute atomic E-state index is 13.5. The van der Waals surface area contributed by atoms with E-state index in [2.05, 4.69) is 4.72 Å². The molecule has 0 aliphatic carbocycles. The highest BCUT2D eigenvalue weighted by Crippen LogP contribution is 2.29. The molecular weight excluding hydrogens is 547 g/mol. The van der Waals surface area contributed by atoms with Gasteiger partial charge in [0.25, 0.3) is 0 Å². The third-order valence-electron chi connectivity index (χ3n) is 5.46. The minimum atomic E-state index is -4.35. The summed E-state index contributed by atoms with van der Waals surface area (Å²) in [5.41, 5.74) is 0.799. The zero-order valence-corrected chi connectivity index (χ0v) is 22.2. The third-order valence-corrected chi connectivity index (χ3v) is 11.3. The van der Waals surface area contributed by atoms with Crippen molar-refractivity contribution in [1.29, 1.82) is 0 Å². The van der Waals surface area contributed by atoms with Gasteiger partial charge in [0.2, 0.25) is 20.0 Å². The standard InChI is InChI=1S/C20H24Cl2N2O7S3/c1-13-3-5-15(21)9-19(13)33(28,29)23-7-8-24(17-11-32(26,27)12-18(17)25)34(30,31)20-10-16(22)6-4-14(20)2/h3-6,9-10,17-18,23,25H,7-8,11-12H2,1-2H3/t17-,18-/m0/s1. The van der Waals surface area contributed by atoms with Crippen molar-refractivity contribution in [2.75, 3.05) is 24.6 Å². The molecule has 188 valence electrons. The number of nitrogens with zero attached hydrogens (tertiary/aromatic N) is 1. The van der Waals surface area contributed by atoms with Gasteiger partial charge in [-0.25, -0.2) is 30.0 Å². The molecule has 0 unspecified atom stereocenters. The van der Waals surface area contributed by atoms with E-state index in [0.29, 0.717) is 11.1 Å². The molecule has 2 aromatic rings. The molecule has 1 aliphatic heterocycles. The van der Waals surface area contributed by atoms with E-state index >= 15 is 0 Å². The highest BCUT2D eigenvalue weighted by molar-refractivity contribution is 7.92. The van der Waals surface area contributed by atoms with Gasteiger partial charge in [0, 0.05) is 23.1 Å². The summed E-state index contributed by atoms with van der Waals surface area (Å²) in [6.45, 7) is 2.33. The summed E-state index contributed by atoms with van der Waals surface area (Å²) >= 11 is 11.9. The number of hydrogen-bond donors (Lipinski definition) is 2. The number of aliphatic hydroxyl groups excluding tert-OH is 1. The van der Waals surface area contributed by atoms with Crippen molar-refractivity contribution in [2.45, 2.75) is 35.8 Å². The van der Waals surface area contributed by atoms with Gasteiger partial charge in [0.05, 0.1) is 33.4 Å². The van der Waals surface area contributed by atoms with Gasteiger partial charge in [0.1, 0.15) is 0 Å². The SMILES string of the molecule is Cc1ccc(Cl)cc1S(=O)(=O)NCCN([C@H]1CS(=O)(=O)C[C@@H]1O)S(=O)(=O)c1cc(Cl)ccc1C. The van der Waals surface area contributed by atoms with Crippen LogP contribution in [0.15, 0.2) is 46.2 Å². The zero-order valence-electron chi connectivity index (χ0n) is 18.3. The Kier molecular flexibility index (Phi) is 8.05. The van der Waals surface area contributed by atoms with E-state index in [1.54, 1.807) is 19.9 Å². The van der Waals surface area contributed by atoms with Gasteiger partial charge >= 0.3 is 0 Å². The molecule has 2 aromatic carbocycles. The van der Waals surface area contributed by atoms with Crippen molar-refractivity contribution in [3.8, 4) is 0 Å². The number of sulfonamides is 2. The van der Waals surface area contributed by atoms with E-state index in [4.69, 9.17) is 23.2 Å². The molecule has 2 atom stereocenters. The number of hydrogen-bond acceptors (Lipinski definition) is 7. The fourth-order valence-electron chi connectivity index (χ4n) is 3.76. The van der Waals surface area contributed by atoms with Crippen LogP contribution in [-0.2, 0) is 29.9 Å². The van der Waals surface area contributed by atoms with Crippen LogP contribution >= 0.6 is 23.2 Å². The first kappa shape index (κ1) is 27.3. The average Bonchev–Trinajstić information content (AvgIpc) is 3.00. The summed E-state index contributed by atoms with van der Waals surface area (Å²) < 4.78 is 80.0. The first-order chi connectivity index (χ1) is 15.6. The Morgan fingerprint density at radius 2 is 1.50 bits per heavy atom. The van der Waals surface area contributed by atoms with Crippen molar-refractivity contribution >= 4 is 53.1 Å². The molecule has 1 fully saturated rings. The molecule has 0 amide bonds. The molecule has 34 heavy (non-hydrogen) atoms. The molecule has 0 saturated carbocycles.